The van der Waals surface area contributed by atoms with Crippen LogP contribution in [0.5, 0.6) is 0 Å². The largest absolute Gasteiger partial charge is 0.288 e. The number of benzene rings is 2. The summed E-state index contributed by atoms with van der Waals surface area (Å²) in [6, 6.07) is 18.0. The SMILES string of the molecule is O=C(c1cc(Br)c(Br)nc1-c1ccccc1Cl)c1cc(Br)c(Br)nc1-c1ccccc1Cl. The third-order valence-electron chi connectivity index (χ3n) is 4.61. The van der Waals surface area contributed by atoms with E-state index in [-0.39, 0.29) is 5.78 Å². The number of carbonyl (C=O) groups excluding carboxylic acids is 1. The zero-order valence-corrected chi connectivity index (χ0v) is 23.7. The molecule has 0 aliphatic rings. The fourth-order valence-electron chi connectivity index (χ4n) is 3.14. The average molecular weight is 721 g/mol. The first-order chi connectivity index (χ1) is 15.3. The Hall–Kier alpha value is -1.09. The van der Waals surface area contributed by atoms with Crippen LogP contribution in [0.2, 0.25) is 10.0 Å². The molecule has 2 aromatic heterocycles. The second kappa shape index (κ2) is 10.0. The summed E-state index contributed by atoms with van der Waals surface area (Å²) >= 11 is 26.7. The van der Waals surface area contributed by atoms with Gasteiger partial charge >= 0.3 is 0 Å². The molecule has 0 atom stereocenters. The van der Waals surface area contributed by atoms with Crippen LogP contribution in [0.3, 0.4) is 0 Å². The van der Waals surface area contributed by atoms with Crippen LogP contribution >= 0.6 is 86.9 Å². The Labute approximate surface area is 228 Å². The molecule has 160 valence electrons. The van der Waals surface area contributed by atoms with Crippen molar-refractivity contribution < 1.29 is 4.79 Å². The molecule has 0 spiro atoms. The molecule has 4 rings (SSSR count). The summed E-state index contributed by atoms with van der Waals surface area (Å²) in [5.41, 5.74) is 2.96. The molecule has 9 heteroatoms. The molecule has 32 heavy (non-hydrogen) atoms. The van der Waals surface area contributed by atoms with Crippen LogP contribution in [0.25, 0.3) is 22.5 Å². The van der Waals surface area contributed by atoms with Crippen molar-refractivity contribution in [3.8, 4) is 22.5 Å². The van der Waals surface area contributed by atoms with Gasteiger partial charge in [0, 0.05) is 21.2 Å². The number of hydrogen-bond donors (Lipinski definition) is 0. The summed E-state index contributed by atoms with van der Waals surface area (Å²) in [5, 5.41) is 0.981. The van der Waals surface area contributed by atoms with Crippen molar-refractivity contribution >= 4 is 92.7 Å². The van der Waals surface area contributed by atoms with Crippen LogP contribution in [0.15, 0.2) is 78.8 Å². The van der Waals surface area contributed by atoms with Crippen molar-refractivity contribution in [3.63, 3.8) is 0 Å². The Bertz CT molecular complexity index is 1280. The van der Waals surface area contributed by atoms with E-state index >= 15 is 0 Å². The van der Waals surface area contributed by atoms with Gasteiger partial charge in [-0.1, -0.05) is 59.6 Å². The monoisotopic (exact) mass is 716 g/mol. The predicted octanol–water partition coefficient (Wildman–Crippen LogP) is 9.40. The highest BCUT2D eigenvalue weighted by Crippen LogP contribution is 2.38. The molecule has 0 aliphatic heterocycles. The maximum Gasteiger partial charge on any atom is 0.197 e. The number of hydrogen-bond acceptors (Lipinski definition) is 3. The van der Waals surface area contributed by atoms with Crippen LogP contribution in [-0.2, 0) is 0 Å². The first kappa shape index (κ1) is 24.0. The van der Waals surface area contributed by atoms with Crippen LogP contribution < -0.4 is 0 Å². The van der Waals surface area contributed by atoms with E-state index in [1.807, 2.05) is 36.4 Å². The molecule has 0 amide bonds. The zero-order valence-electron chi connectivity index (χ0n) is 15.8. The lowest BCUT2D eigenvalue weighted by Gasteiger charge is -2.15. The summed E-state index contributed by atoms with van der Waals surface area (Å²) in [7, 11) is 0. The maximum absolute atomic E-state index is 13.9. The quantitative estimate of drug-likeness (QED) is 0.156. The predicted molar refractivity (Wildman–Crippen MR) is 144 cm³/mol. The molecule has 0 aliphatic carbocycles. The second-order valence-corrected chi connectivity index (χ2v) is 10.6. The lowest BCUT2D eigenvalue weighted by atomic mass is 9.95. The van der Waals surface area contributed by atoms with Crippen molar-refractivity contribution in [3.05, 3.63) is 100.0 Å². The van der Waals surface area contributed by atoms with Crippen LogP contribution in [0.1, 0.15) is 15.9 Å². The highest BCUT2D eigenvalue weighted by Gasteiger charge is 2.25. The smallest absolute Gasteiger partial charge is 0.197 e. The molecule has 3 nitrogen and oxygen atoms in total. The summed E-state index contributed by atoms with van der Waals surface area (Å²) < 4.78 is 2.40. The number of aromatic nitrogens is 2. The van der Waals surface area contributed by atoms with Gasteiger partial charge in [-0.3, -0.25) is 4.79 Å². The van der Waals surface area contributed by atoms with Gasteiger partial charge in [0.25, 0.3) is 0 Å². The summed E-state index contributed by atoms with van der Waals surface area (Å²) in [4.78, 5) is 23.2. The number of pyridine rings is 2. The van der Waals surface area contributed by atoms with Gasteiger partial charge in [0.15, 0.2) is 5.78 Å². The molecular weight excluding hydrogens is 711 g/mol. The van der Waals surface area contributed by atoms with E-state index in [4.69, 9.17) is 23.2 Å². The van der Waals surface area contributed by atoms with E-state index in [1.54, 1.807) is 24.3 Å². The van der Waals surface area contributed by atoms with E-state index in [0.717, 1.165) is 0 Å². The molecule has 0 N–H and O–H groups in total. The van der Waals surface area contributed by atoms with Crippen molar-refractivity contribution in [2.24, 2.45) is 0 Å². The number of ketones is 1. The number of halogens is 6. The summed E-state index contributed by atoms with van der Waals surface area (Å²) in [6.45, 7) is 0. The zero-order chi connectivity index (χ0) is 23.0. The molecule has 4 aromatic rings. The Morgan fingerprint density at radius 2 is 1.03 bits per heavy atom. The lowest BCUT2D eigenvalue weighted by Crippen LogP contribution is -2.09. The van der Waals surface area contributed by atoms with Gasteiger partial charge in [-0.15, -0.1) is 0 Å². The Kier molecular flexibility index (Phi) is 7.54. The molecule has 0 saturated heterocycles. The van der Waals surface area contributed by atoms with Crippen molar-refractivity contribution in [2.75, 3.05) is 0 Å². The molecule has 0 fully saturated rings. The molecule has 0 unspecified atom stereocenters. The van der Waals surface area contributed by atoms with E-state index in [2.05, 4.69) is 73.7 Å². The summed E-state index contributed by atoms with van der Waals surface area (Å²) in [6.07, 6.45) is 0. The van der Waals surface area contributed by atoms with Gasteiger partial charge in [-0.05, 0) is 88.0 Å². The molecule has 2 aromatic carbocycles. The van der Waals surface area contributed by atoms with Gasteiger partial charge in [-0.2, -0.15) is 0 Å². The minimum atomic E-state index is -0.267. The second-order valence-electron chi connectivity index (χ2n) is 6.60. The van der Waals surface area contributed by atoms with Crippen LogP contribution in [-0.4, -0.2) is 15.8 Å². The Balaban J connectivity index is 1.99. The lowest BCUT2D eigenvalue weighted by molar-refractivity contribution is 0.103. The van der Waals surface area contributed by atoms with Gasteiger partial charge in [0.05, 0.1) is 31.5 Å². The van der Waals surface area contributed by atoms with Gasteiger partial charge < -0.3 is 0 Å². The van der Waals surface area contributed by atoms with Crippen molar-refractivity contribution in [1.82, 2.24) is 9.97 Å². The Morgan fingerprint density at radius 3 is 1.41 bits per heavy atom. The van der Waals surface area contributed by atoms with Crippen molar-refractivity contribution in [2.45, 2.75) is 0 Å². The number of nitrogens with zero attached hydrogens (tertiary/aromatic N) is 2. The average Bonchev–Trinajstić information content (AvgIpc) is 2.77. The van der Waals surface area contributed by atoms with E-state index in [0.29, 0.717) is 61.8 Å². The van der Waals surface area contributed by atoms with Gasteiger partial charge in [0.2, 0.25) is 0 Å². The van der Waals surface area contributed by atoms with Crippen molar-refractivity contribution in [1.29, 1.82) is 0 Å². The molecule has 0 radical (unpaired) electrons. The number of carbonyl (C=O) groups is 1. The standard InChI is InChI=1S/C23H10Br4Cl2N2O/c24-15-9-13(19(30-22(15)26)11-5-1-3-7-17(11)28)21(32)14-10-16(25)23(27)31-20(14)12-6-2-4-8-18(12)29/h1-10H. The topological polar surface area (TPSA) is 42.9 Å². The molecule has 0 bridgehead atoms. The normalized spacial score (nSPS) is 10.9. The fourth-order valence-corrected chi connectivity index (χ4v) is 4.81. The first-order valence-corrected chi connectivity index (χ1v) is 13.0. The molecule has 2 heterocycles. The highest BCUT2D eigenvalue weighted by atomic mass is 79.9. The van der Waals surface area contributed by atoms with Crippen LogP contribution in [0.4, 0.5) is 0 Å². The number of rotatable bonds is 4. The highest BCUT2D eigenvalue weighted by molar-refractivity contribution is 9.13. The minimum Gasteiger partial charge on any atom is -0.288 e. The maximum atomic E-state index is 13.9. The van der Waals surface area contributed by atoms with E-state index in [1.165, 1.54) is 0 Å². The minimum absolute atomic E-state index is 0.267. The molecular formula is C23H10Br4Cl2N2O. The third kappa shape index (κ3) is 4.74. The Morgan fingerprint density at radius 1 is 0.656 bits per heavy atom. The van der Waals surface area contributed by atoms with E-state index < -0.39 is 0 Å². The summed E-state index contributed by atoms with van der Waals surface area (Å²) in [5.74, 6) is -0.267. The van der Waals surface area contributed by atoms with E-state index in [9.17, 15) is 4.79 Å². The fraction of sp³-hybridized carbons (Fsp3) is 0. The first-order valence-electron chi connectivity index (χ1n) is 9.04. The molecule has 0 saturated carbocycles. The third-order valence-corrected chi connectivity index (χ3v) is 8.75. The van der Waals surface area contributed by atoms with Crippen LogP contribution in [0, 0.1) is 0 Å². The van der Waals surface area contributed by atoms with Gasteiger partial charge in [0.1, 0.15) is 9.21 Å². The van der Waals surface area contributed by atoms with Gasteiger partial charge in [-0.25, -0.2) is 9.97 Å².